The van der Waals surface area contributed by atoms with Gasteiger partial charge in [0.1, 0.15) is 12.4 Å². The molecule has 3 saturated heterocycles. The van der Waals surface area contributed by atoms with E-state index in [-0.39, 0.29) is 23.9 Å². The number of amides is 1. The van der Waals surface area contributed by atoms with Crippen LogP contribution in [0.5, 0.6) is 6.01 Å². The molecule has 48 heavy (non-hydrogen) atoms. The summed E-state index contributed by atoms with van der Waals surface area (Å²) in [5.74, 6) is 0.743. The first-order chi connectivity index (χ1) is 23.4. The van der Waals surface area contributed by atoms with E-state index in [9.17, 15) is 10.1 Å². The van der Waals surface area contributed by atoms with Gasteiger partial charge >= 0.3 is 6.01 Å². The van der Waals surface area contributed by atoms with E-state index in [1.807, 2.05) is 0 Å². The molecule has 0 unspecified atom stereocenters. The topological polar surface area (TPSA) is 107 Å². The Bertz CT molecular complexity index is 1730. The third-order valence-electron chi connectivity index (χ3n) is 10.6. The average molecular weight is 652 g/mol. The second-order valence-corrected chi connectivity index (χ2v) is 13.6. The van der Waals surface area contributed by atoms with Gasteiger partial charge in [0, 0.05) is 61.9 Å². The highest BCUT2D eigenvalue weighted by molar-refractivity contribution is 5.97. The second kappa shape index (κ2) is 13.7. The maximum Gasteiger partial charge on any atom is 0.318 e. The monoisotopic (exact) mass is 651 g/mol. The fourth-order valence-electron chi connectivity index (χ4n) is 7.86. The number of nitrogens with zero attached hydrogens (tertiary/aromatic N) is 7. The van der Waals surface area contributed by atoms with Crippen molar-refractivity contribution >= 4 is 28.2 Å². The molecule has 3 fully saturated rings. The SMILES string of the molecule is COC/C=C/C(=O)N1CCN(c2nc(OC[C@@H]3CCCN3C)nc3c2CC2(COC2)N(c2cccc4cccc(C)c24)C3)C[C@@H]1CC#N. The van der Waals surface area contributed by atoms with Crippen molar-refractivity contribution in [2.75, 3.05) is 76.6 Å². The molecular weight excluding hydrogens is 606 g/mol. The number of likely N-dealkylation sites (tertiary alicyclic amines) is 1. The van der Waals surface area contributed by atoms with Crippen molar-refractivity contribution in [1.29, 1.82) is 5.26 Å². The van der Waals surface area contributed by atoms with Gasteiger partial charge in [-0.25, -0.2) is 0 Å². The van der Waals surface area contributed by atoms with Gasteiger partial charge in [-0.1, -0.05) is 36.4 Å². The normalized spacial score (nSPS) is 22.2. The van der Waals surface area contributed by atoms with Gasteiger partial charge in [-0.15, -0.1) is 0 Å². The number of rotatable bonds is 9. The summed E-state index contributed by atoms with van der Waals surface area (Å²) in [6.45, 7) is 7.56. The Morgan fingerprint density at radius 1 is 1.15 bits per heavy atom. The van der Waals surface area contributed by atoms with Crippen LogP contribution in [0.1, 0.15) is 36.1 Å². The Labute approximate surface area is 282 Å². The molecule has 0 saturated carbocycles. The van der Waals surface area contributed by atoms with E-state index in [4.69, 9.17) is 24.2 Å². The number of piperazine rings is 1. The first-order valence-electron chi connectivity index (χ1n) is 17.1. The number of hydrogen-bond acceptors (Lipinski definition) is 10. The zero-order chi connectivity index (χ0) is 33.3. The number of carbonyl (C=O) groups excluding carboxylic acids is 1. The molecule has 0 radical (unpaired) electrons. The lowest BCUT2D eigenvalue weighted by molar-refractivity contribution is -0.128. The van der Waals surface area contributed by atoms with Crippen molar-refractivity contribution in [3.8, 4) is 12.1 Å². The highest BCUT2D eigenvalue weighted by Gasteiger charge is 2.50. The van der Waals surface area contributed by atoms with Gasteiger partial charge < -0.3 is 33.8 Å². The molecule has 1 amide bonds. The van der Waals surface area contributed by atoms with Crippen LogP contribution in [0.15, 0.2) is 48.6 Å². The third-order valence-corrected chi connectivity index (χ3v) is 10.6. The van der Waals surface area contributed by atoms with Crippen LogP contribution >= 0.6 is 0 Å². The highest BCUT2D eigenvalue weighted by atomic mass is 16.5. The molecule has 1 spiro atoms. The van der Waals surface area contributed by atoms with Crippen molar-refractivity contribution in [3.63, 3.8) is 0 Å². The summed E-state index contributed by atoms with van der Waals surface area (Å²) in [7, 11) is 3.74. The number of methoxy groups -OCH3 is 1. The highest BCUT2D eigenvalue weighted by Crippen LogP contribution is 2.45. The van der Waals surface area contributed by atoms with E-state index in [1.54, 1.807) is 24.2 Å². The summed E-state index contributed by atoms with van der Waals surface area (Å²) in [4.78, 5) is 32.2. The Morgan fingerprint density at radius 2 is 1.98 bits per heavy atom. The quantitative estimate of drug-likeness (QED) is 0.317. The molecule has 3 aromatic rings. The summed E-state index contributed by atoms with van der Waals surface area (Å²) >= 11 is 0. The summed E-state index contributed by atoms with van der Waals surface area (Å²) in [5, 5.41) is 12.2. The predicted octanol–water partition coefficient (Wildman–Crippen LogP) is 3.88. The fourth-order valence-corrected chi connectivity index (χ4v) is 7.86. The van der Waals surface area contributed by atoms with Crippen molar-refractivity contribution in [2.24, 2.45) is 0 Å². The molecule has 252 valence electrons. The zero-order valence-electron chi connectivity index (χ0n) is 28.2. The third kappa shape index (κ3) is 6.09. The summed E-state index contributed by atoms with van der Waals surface area (Å²) < 4.78 is 17.4. The van der Waals surface area contributed by atoms with Gasteiger partial charge in [-0.2, -0.15) is 15.2 Å². The number of aromatic nitrogens is 2. The number of aryl methyl sites for hydroxylation is 1. The summed E-state index contributed by atoms with van der Waals surface area (Å²) in [6.07, 6.45) is 6.48. The number of carbonyl (C=O) groups is 1. The minimum Gasteiger partial charge on any atom is -0.462 e. The number of hydrogen-bond donors (Lipinski definition) is 0. The van der Waals surface area contributed by atoms with Crippen molar-refractivity contribution in [1.82, 2.24) is 19.8 Å². The molecule has 1 aromatic heterocycles. The lowest BCUT2D eigenvalue weighted by Gasteiger charge is -2.54. The standard InChI is InChI=1S/C37H45N7O4/c1-26-8-4-9-27-10-5-12-32(34(26)27)44-22-31-30(20-37(44)24-47-25-37)35(40-36(39-31)48-23-29-11-6-16-41(29)2)42-17-18-43(28(21-42)14-15-38)33(45)13-7-19-46-3/h4-5,7-10,12-13,28-29H,6,11,14,16-25H2,1-3H3/b13-7+/t28-,29-/m0/s1. The number of ether oxygens (including phenoxy) is 3. The Balaban J connectivity index is 1.26. The second-order valence-electron chi connectivity index (χ2n) is 13.6. The molecule has 4 aliphatic heterocycles. The van der Waals surface area contributed by atoms with Gasteiger partial charge in [0.25, 0.3) is 0 Å². The van der Waals surface area contributed by atoms with Crippen LogP contribution in [-0.4, -0.2) is 110 Å². The molecule has 0 N–H and O–H groups in total. The largest absolute Gasteiger partial charge is 0.462 e. The van der Waals surface area contributed by atoms with Gasteiger partial charge in [0.15, 0.2) is 0 Å². The summed E-state index contributed by atoms with van der Waals surface area (Å²) in [6, 6.07) is 15.8. The van der Waals surface area contributed by atoms with E-state index in [0.29, 0.717) is 64.7 Å². The number of anilines is 2. The van der Waals surface area contributed by atoms with Crippen molar-refractivity contribution < 1.29 is 19.0 Å². The smallest absolute Gasteiger partial charge is 0.318 e. The predicted molar refractivity (Wildman–Crippen MR) is 184 cm³/mol. The molecule has 11 nitrogen and oxygen atoms in total. The number of likely N-dealkylation sites (N-methyl/N-ethyl adjacent to an activating group) is 1. The van der Waals surface area contributed by atoms with E-state index < -0.39 is 0 Å². The number of benzene rings is 2. The maximum atomic E-state index is 13.1. The zero-order valence-corrected chi connectivity index (χ0v) is 28.2. The molecule has 2 atom stereocenters. The van der Waals surface area contributed by atoms with Crippen molar-refractivity contribution in [3.05, 3.63) is 65.4 Å². The van der Waals surface area contributed by atoms with Crippen LogP contribution in [0.2, 0.25) is 0 Å². The summed E-state index contributed by atoms with van der Waals surface area (Å²) in [5.41, 5.74) is 4.26. The molecule has 11 heteroatoms. The molecular formula is C37H45N7O4. The first-order valence-corrected chi connectivity index (χ1v) is 17.1. The van der Waals surface area contributed by atoms with E-state index in [2.05, 4.69) is 71.1 Å². The molecule has 0 aliphatic carbocycles. The van der Waals surface area contributed by atoms with Gasteiger partial charge in [-0.05, 0) is 50.4 Å². The van der Waals surface area contributed by atoms with E-state index in [1.165, 1.54) is 22.0 Å². The maximum absolute atomic E-state index is 13.1. The van der Waals surface area contributed by atoms with Crippen LogP contribution in [0.4, 0.5) is 11.5 Å². The van der Waals surface area contributed by atoms with Crippen LogP contribution in [0.3, 0.4) is 0 Å². The van der Waals surface area contributed by atoms with Crippen LogP contribution in [0.25, 0.3) is 10.8 Å². The van der Waals surface area contributed by atoms with E-state index >= 15 is 0 Å². The van der Waals surface area contributed by atoms with Crippen molar-refractivity contribution in [2.45, 2.75) is 56.8 Å². The number of nitriles is 1. The van der Waals surface area contributed by atoms with Gasteiger partial charge in [-0.3, -0.25) is 4.79 Å². The first kappa shape index (κ1) is 32.3. The molecule has 4 aliphatic rings. The molecule has 0 bridgehead atoms. The lowest BCUT2D eigenvalue weighted by atomic mass is 9.81. The molecule has 5 heterocycles. The van der Waals surface area contributed by atoms with Gasteiger partial charge in [0.05, 0.1) is 56.1 Å². The van der Waals surface area contributed by atoms with Crippen LogP contribution in [0, 0.1) is 18.3 Å². The van der Waals surface area contributed by atoms with Crippen LogP contribution in [-0.2, 0) is 27.2 Å². The Kier molecular flexibility index (Phi) is 9.23. The fraction of sp³-hybridized carbons (Fsp3) is 0.514. The Hall–Kier alpha value is -4.24. The minimum atomic E-state index is -0.273. The Morgan fingerprint density at radius 3 is 2.71 bits per heavy atom. The number of fused-ring (bicyclic) bond motifs is 2. The molecule has 2 aromatic carbocycles. The van der Waals surface area contributed by atoms with E-state index in [0.717, 1.165) is 42.9 Å². The minimum absolute atomic E-state index is 0.104. The lowest BCUT2D eigenvalue weighted by Crippen LogP contribution is -2.66. The van der Waals surface area contributed by atoms with Crippen LogP contribution < -0.4 is 14.5 Å². The van der Waals surface area contributed by atoms with Gasteiger partial charge in [0.2, 0.25) is 5.91 Å². The average Bonchev–Trinajstić information content (AvgIpc) is 3.50. The molecule has 7 rings (SSSR count).